The molecular weight excluding hydrogens is 374 g/mol. The number of benzene rings is 1. The lowest BCUT2D eigenvalue weighted by Gasteiger charge is -2.44. The molecule has 4 rings (SSSR count). The van der Waals surface area contributed by atoms with Gasteiger partial charge in [-0.2, -0.15) is 15.8 Å². The normalized spacial score (nSPS) is 22.9. The number of nitrogens with zero attached hydrogens (tertiary/aromatic N) is 4. The summed E-state index contributed by atoms with van der Waals surface area (Å²) < 4.78 is 5.89. The lowest BCUT2D eigenvalue weighted by Crippen LogP contribution is -2.47. The van der Waals surface area contributed by atoms with E-state index in [-0.39, 0.29) is 17.2 Å². The summed E-state index contributed by atoms with van der Waals surface area (Å²) >= 11 is 0. The number of nitriles is 3. The molecule has 2 atom stereocenters. The number of allylic oxidation sites excluding steroid dienone is 2. The summed E-state index contributed by atoms with van der Waals surface area (Å²) in [6.45, 7) is 3.81. The SMILES string of the molecule is Cc1ccc([C@H]2[C@@H]3CN(Cc4ccccc4)CC=C3C(C#N)=C(N)C2(C#N)C#N)o1. The van der Waals surface area contributed by atoms with Gasteiger partial charge in [0.05, 0.1) is 29.3 Å². The van der Waals surface area contributed by atoms with Crippen molar-refractivity contribution in [2.24, 2.45) is 17.1 Å². The molecule has 0 radical (unpaired) electrons. The Hall–Kier alpha value is -3.79. The Labute approximate surface area is 175 Å². The van der Waals surface area contributed by atoms with Crippen LogP contribution in [-0.4, -0.2) is 18.0 Å². The molecule has 148 valence electrons. The van der Waals surface area contributed by atoms with E-state index in [1.54, 1.807) is 0 Å². The van der Waals surface area contributed by atoms with Crippen molar-refractivity contribution in [2.75, 3.05) is 13.1 Å². The molecule has 0 amide bonds. The van der Waals surface area contributed by atoms with E-state index in [2.05, 4.69) is 35.2 Å². The van der Waals surface area contributed by atoms with Crippen LogP contribution in [-0.2, 0) is 6.54 Å². The van der Waals surface area contributed by atoms with Crippen LogP contribution in [0.15, 0.2) is 69.8 Å². The molecule has 30 heavy (non-hydrogen) atoms. The van der Waals surface area contributed by atoms with Crippen LogP contribution < -0.4 is 5.73 Å². The van der Waals surface area contributed by atoms with Gasteiger partial charge in [-0.3, -0.25) is 4.90 Å². The van der Waals surface area contributed by atoms with Crippen LogP contribution >= 0.6 is 0 Å². The molecule has 1 aliphatic carbocycles. The van der Waals surface area contributed by atoms with Crippen molar-refractivity contribution in [3.05, 3.63) is 82.5 Å². The summed E-state index contributed by atoms with van der Waals surface area (Å²) in [7, 11) is 0. The van der Waals surface area contributed by atoms with Crippen molar-refractivity contribution in [3.63, 3.8) is 0 Å². The van der Waals surface area contributed by atoms with Gasteiger partial charge in [0.1, 0.15) is 17.6 Å². The monoisotopic (exact) mass is 395 g/mol. The minimum Gasteiger partial charge on any atom is -0.466 e. The van der Waals surface area contributed by atoms with Gasteiger partial charge in [0.25, 0.3) is 0 Å². The van der Waals surface area contributed by atoms with Gasteiger partial charge in [-0.05, 0) is 30.2 Å². The second-order valence-corrected chi connectivity index (χ2v) is 7.80. The van der Waals surface area contributed by atoms with Gasteiger partial charge >= 0.3 is 0 Å². The van der Waals surface area contributed by atoms with Crippen molar-refractivity contribution in [3.8, 4) is 18.2 Å². The molecule has 1 aromatic carbocycles. The van der Waals surface area contributed by atoms with E-state index >= 15 is 0 Å². The average molecular weight is 395 g/mol. The smallest absolute Gasteiger partial charge is 0.194 e. The van der Waals surface area contributed by atoms with E-state index in [1.807, 2.05) is 43.3 Å². The van der Waals surface area contributed by atoms with Gasteiger partial charge in [-0.25, -0.2) is 0 Å². The van der Waals surface area contributed by atoms with Crippen LogP contribution in [0.2, 0.25) is 0 Å². The predicted molar refractivity (Wildman–Crippen MR) is 110 cm³/mol. The van der Waals surface area contributed by atoms with Crippen LogP contribution in [0.5, 0.6) is 0 Å². The van der Waals surface area contributed by atoms with Gasteiger partial charge in [0.15, 0.2) is 5.41 Å². The molecule has 6 nitrogen and oxygen atoms in total. The number of aryl methyl sites for hydroxylation is 1. The van der Waals surface area contributed by atoms with Crippen molar-refractivity contribution >= 4 is 0 Å². The van der Waals surface area contributed by atoms with Crippen LogP contribution in [0.3, 0.4) is 0 Å². The number of fused-ring (bicyclic) bond motifs is 1. The first-order valence-electron chi connectivity index (χ1n) is 9.80. The second kappa shape index (κ2) is 7.56. The fraction of sp³-hybridized carbons (Fsp3) is 0.292. The number of nitrogens with two attached hydrogens (primary N) is 1. The molecule has 0 unspecified atom stereocenters. The Morgan fingerprint density at radius 1 is 1.13 bits per heavy atom. The lowest BCUT2D eigenvalue weighted by molar-refractivity contribution is 0.187. The van der Waals surface area contributed by atoms with E-state index in [0.29, 0.717) is 24.6 Å². The second-order valence-electron chi connectivity index (χ2n) is 7.80. The van der Waals surface area contributed by atoms with Gasteiger partial charge in [0, 0.05) is 25.6 Å². The molecule has 2 aliphatic rings. The number of rotatable bonds is 3. The molecule has 2 aromatic rings. The third kappa shape index (κ3) is 2.98. The molecule has 1 aromatic heterocycles. The standard InChI is InChI=1S/C24H21N5O/c1-16-7-8-21(30-16)22-20-13-29(12-17-5-3-2-4-6-17)10-9-18(20)19(11-25)23(28)24(22,14-26)15-27/h2-9,20,22H,10,12-13,28H2,1H3/t20-,22-/m1/s1. The molecule has 0 bridgehead atoms. The zero-order valence-corrected chi connectivity index (χ0v) is 16.7. The fourth-order valence-electron chi connectivity index (χ4n) is 4.64. The Bertz CT molecular complexity index is 1140. The summed E-state index contributed by atoms with van der Waals surface area (Å²) in [4.78, 5) is 2.25. The van der Waals surface area contributed by atoms with E-state index in [1.165, 1.54) is 5.56 Å². The van der Waals surface area contributed by atoms with Crippen molar-refractivity contribution < 1.29 is 4.42 Å². The lowest BCUT2D eigenvalue weighted by atomic mass is 9.59. The van der Waals surface area contributed by atoms with Crippen LogP contribution in [0, 0.1) is 52.2 Å². The molecule has 2 heterocycles. The van der Waals surface area contributed by atoms with E-state index in [4.69, 9.17) is 10.2 Å². The maximum atomic E-state index is 10.1. The molecule has 0 saturated heterocycles. The topological polar surface area (TPSA) is 114 Å². The van der Waals surface area contributed by atoms with E-state index in [0.717, 1.165) is 12.1 Å². The van der Waals surface area contributed by atoms with Gasteiger partial charge < -0.3 is 10.2 Å². The number of hydrogen-bond acceptors (Lipinski definition) is 6. The maximum Gasteiger partial charge on any atom is 0.194 e. The first-order chi connectivity index (χ1) is 14.5. The minimum absolute atomic E-state index is 0.0214. The predicted octanol–water partition coefficient (Wildman–Crippen LogP) is 3.51. The Kier molecular flexibility index (Phi) is 4.92. The van der Waals surface area contributed by atoms with Gasteiger partial charge in [-0.1, -0.05) is 36.4 Å². The zero-order valence-electron chi connectivity index (χ0n) is 16.7. The van der Waals surface area contributed by atoms with Crippen molar-refractivity contribution in [1.29, 1.82) is 15.8 Å². The third-order valence-electron chi connectivity index (χ3n) is 6.06. The maximum absolute atomic E-state index is 10.1. The summed E-state index contributed by atoms with van der Waals surface area (Å²) in [6, 6.07) is 20.2. The quantitative estimate of drug-likeness (QED) is 0.850. The highest BCUT2D eigenvalue weighted by molar-refractivity contribution is 5.58. The van der Waals surface area contributed by atoms with E-state index in [9.17, 15) is 15.8 Å². The zero-order chi connectivity index (χ0) is 21.3. The highest BCUT2D eigenvalue weighted by Gasteiger charge is 2.55. The van der Waals surface area contributed by atoms with Crippen LogP contribution in [0.4, 0.5) is 0 Å². The molecule has 6 heteroatoms. The number of furan rings is 1. The van der Waals surface area contributed by atoms with Crippen LogP contribution in [0.25, 0.3) is 0 Å². The molecule has 0 fully saturated rings. The summed E-state index contributed by atoms with van der Waals surface area (Å²) in [6.07, 6.45) is 2.00. The van der Waals surface area contributed by atoms with Gasteiger partial charge in [0.2, 0.25) is 0 Å². The number of hydrogen-bond donors (Lipinski definition) is 1. The first kappa shape index (κ1) is 19.5. The van der Waals surface area contributed by atoms with E-state index < -0.39 is 11.3 Å². The average Bonchev–Trinajstić information content (AvgIpc) is 3.19. The molecular formula is C24H21N5O. The molecule has 1 aliphatic heterocycles. The van der Waals surface area contributed by atoms with Crippen molar-refractivity contribution in [2.45, 2.75) is 19.4 Å². The molecule has 0 saturated carbocycles. The Morgan fingerprint density at radius 3 is 2.47 bits per heavy atom. The first-order valence-corrected chi connectivity index (χ1v) is 9.80. The molecule has 0 spiro atoms. The highest BCUT2D eigenvalue weighted by atomic mass is 16.3. The Balaban J connectivity index is 1.83. The third-order valence-corrected chi connectivity index (χ3v) is 6.06. The summed E-state index contributed by atoms with van der Waals surface area (Å²) in [5.74, 6) is 0.399. The molecule has 2 N–H and O–H groups in total. The highest BCUT2D eigenvalue weighted by Crippen LogP contribution is 2.54. The minimum atomic E-state index is -1.66. The van der Waals surface area contributed by atoms with Gasteiger partial charge in [-0.15, -0.1) is 0 Å². The summed E-state index contributed by atoms with van der Waals surface area (Å²) in [5.41, 5.74) is 6.90. The van der Waals surface area contributed by atoms with Crippen molar-refractivity contribution in [1.82, 2.24) is 4.90 Å². The summed E-state index contributed by atoms with van der Waals surface area (Å²) in [5, 5.41) is 30.0. The Morgan fingerprint density at radius 2 is 1.87 bits per heavy atom. The fourth-order valence-corrected chi connectivity index (χ4v) is 4.64. The largest absolute Gasteiger partial charge is 0.466 e. The van der Waals surface area contributed by atoms with Crippen LogP contribution in [0.1, 0.15) is 23.0 Å².